The van der Waals surface area contributed by atoms with Crippen LogP contribution < -0.4 is 10.6 Å². The average Bonchev–Trinajstić information content (AvgIpc) is 2.94. The zero-order valence-corrected chi connectivity index (χ0v) is 11.2. The number of nitrogens with one attached hydrogen (secondary N) is 2. The topological polar surface area (TPSA) is 112 Å². The molecule has 0 aliphatic carbocycles. The van der Waals surface area contributed by atoms with E-state index in [1.807, 2.05) is 0 Å². The molecule has 0 saturated carbocycles. The van der Waals surface area contributed by atoms with Gasteiger partial charge in [0.1, 0.15) is 11.5 Å². The normalized spacial score (nSPS) is 11.7. The fourth-order valence-corrected chi connectivity index (χ4v) is 1.73. The summed E-state index contributed by atoms with van der Waals surface area (Å²) in [5, 5.41) is 23.5. The van der Waals surface area contributed by atoms with Gasteiger partial charge in [0.2, 0.25) is 0 Å². The number of amides is 2. The number of carboxylic acids is 1. The summed E-state index contributed by atoms with van der Waals surface area (Å²) in [4.78, 5) is 22.5. The lowest BCUT2D eigenvalue weighted by atomic mass is 10.2. The molecule has 0 aliphatic heterocycles. The van der Waals surface area contributed by atoms with Crippen LogP contribution in [0.15, 0.2) is 41.0 Å². The highest BCUT2D eigenvalue weighted by atomic mass is 16.4. The van der Waals surface area contributed by atoms with Crippen LogP contribution in [0.3, 0.4) is 0 Å². The summed E-state index contributed by atoms with van der Waals surface area (Å²) >= 11 is 0. The van der Waals surface area contributed by atoms with Crippen LogP contribution in [0.4, 0.5) is 10.5 Å². The summed E-state index contributed by atoms with van der Waals surface area (Å²) < 4.78 is 5.16. The molecule has 110 valence electrons. The molecule has 0 bridgehead atoms. The number of anilines is 1. The van der Waals surface area contributed by atoms with Crippen molar-refractivity contribution < 1.29 is 24.2 Å². The van der Waals surface area contributed by atoms with Gasteiger partial charge in [0.05, 0.1) is 23.6 Å². The van der Waals surface area contributed by atoms with Crippen molar-refractivity contribution in [3.8, 4) is 5.75 Å². The molecule has 1 heterocycles. The van der Waals surface area contributed by atoms with Crippen LogP contribution in [0.5, 0.6) is 5.75 Å². The Balaban J connectivity index is 2.01. The lowest BCUT2D eigenvalue weighted by molar-refractivity contribution is 0.0696. The molecule has 0 spiro atoms. The van der Waals surface area contributed by atoms with E-state index in [0.29, 0.717) is 5.76 Å². The number of aromatic hydroxyl groups is 1. The van der Waals surface area contributed by atoms with Crippen molar-refractivity contribution in [1.29, 1.82) is 0 Å². The molecule has 7 heteroatoms. The second-order valence-corrected chi connectivity index (χ2v) is 4.37. The number of rotatable bonds is 4. The molecule has 2 rings (SSSR count). The van der Waals surface area contributed by atoms with Gasteiger partial charge in [0.25, 0.3) is 0 Å². The van der Waals surface area contributed by atoms with Crippen LogP contribution in [-0.2, 0) is 0 Å². The van der Waals surface area contributed by atoms with E-state index in [-0.39, 0.29) is 23.0 Å². The van der Waals surface area contributed by atoms with Gasteiger partial charge in [0.15, 0.2) is 0 Å². The lowest BCUT2D eigenvalue weighted by Crippen LogP contribution is -2.31. The Morgan fingerprint density at radius 3 is 2.62 bits per heavy atom. The molecule has 1 aromatic carbocycles. The summed E-state index contributed by atoms with van der Waals surface area (Å²) in [6.45, 7) is 1.74. The van der Waals surface area contributed by atoms with Gasteiger partial charge in [0, 0.05) is 0 Å². The molecular weight excluding hydrogens is 276 g/mol. The average molecular weight is 290 g/mol. The fraction of sp³-hybridized carbons (Fsp3) is 0.143. The van der Waals surface area contributed by atoms with Gasteiger partial charge in [-0.2, -0.15) is 0 Å². The smallest absolute Gasteiger partial charge is 0.335 e. The number of carbonyl (C=O) groups excluding carboxylic acids is 1. The highest BCUT2D eigenvalue weighted by Crippen LogP contribution is 2.24. The minimum absolute atomic E-state index is 0.0672. The fourth-order valence-electron chi connectivity index (χ4n) is 1.73. The summed E-state index contributed by atoms with van der Waals surface area (Å²) in [5.41, 5.74) is 0.0477. The van der Waals surface area contributed by atoms with E-state index in [1.165, 1.54) is 18.4 Å². The molecule has 21 heavy (non-hydrogen) atoms. The highest BCUT2D eigenvalue weighted by Gasteiger charge is 2.14. The molecule has 2 aromatic rings. The highest BCUT2D eigenvalue weighted by molar-refractivity contribution is 5.93. The van der Waals surface area contributed by atoms with Crippen molar-refractivity contribution in [3.63, 3.8) is 0 Å². The molecule has 7 nitrogen and oxygen atoms in total. The number of phenols is 1. The maximum absolute atomic E-state index is 11.8. The Morgan fingerprint density at radius 1 is 1.29 bits per heavy atom. The summed E-state index contributed by atoms with van der Waals surface area (Å²) in [6.07, 6.45) is 1.50. The Kier molecular flexibility index (Phi) is 4.13. The zero-order chi connectivity index (χ0) is 15.4. The van der Waals surface area contributed by atoms with Crippen molar-refractivity contribution in [2.45, 2.75) is 13.0 Å². The van der Waals surface area contributed by atoms with Crippen LogP contribution in [0.1, 0.15) is 29.1 Å². The lowest BCUT2D eigenvalue weighted by Gasteiger charge is -2.13. The Morgan fingerprint density at radius 2 is 2.05 bits per heavy atom. The Bertz CT molecular complexity index is 651. The molecular formula is C14H14N2O5. The van der Waals surface area contributed by atoms with Crippen molar-refractivity contribution in [2.75, 3.05) is 5.32 Å². The third-order valence-electron chi connectivity index (χ3n) is 2.81. The van der Waals surface area contributed by atoms with Crippen LogP contribution in [0.25, 0.3) is 0 Å². The molecule has 0 radical (unpaired) electrons. The maximum atomic E-state index is 11.8. The maximum Gasteiger partial charge on any atom is 0.335 e. The number of hydrogen-bond acceptors (Lipinski definition) is 4. The molecule has 0 fully saturated rings. The first-order valence-electron chi connectivity index (χ1n) is 6.14. The Labute approximate surface area is 120 Å². The van der Waals surface area contributed by atoms with E-state index in [2.05, 4.69) is 10.6 Å². The molecule has 1 aromatic heterocycles. The summed E-state index contributed by atoms with van der Waals surface area (Å²) in [6, 6.07) is 6.21. The van der Waals surface area contributed by atoms with E-state index < -0.39 is 12.0 Å². The first kappa shape index (κ1) is 14.4. The van der Waals surface area contributed by atoms with Crippen LogP contribution in [0, 0.1) is 0 Å². The van der Waals surface area contributed by atoms with Gasteiger partial charge in [-0.15, -0.1) is 0 Å². The third kappa shape index (κ3) is 3.53. The number of aromatic carboxylic acids is 1. The molecule has 1 unspecified atom stereocenters. The monoisotopic (exact) mass is 290 g/mol. The number of furan rings is 1. The van der Waals surface area contributed by atoms with Gasteiger partial charge in [-0.1, -0.05) is 0 Å². The predicted molar refractivity (Wildman–Crippen MR) is 74.3 cm³/mol. The SMILES string of the molecule is CC(NC(=O)Nc1ccc(C(=O)O)cc1O)c1ccco1. The summed E-state index contributed by atoms with van der Waals surface area (Å²) in [5.74, 6) is -0.890. The minimum atomic E-state index is -1.16. The number of hydrogen-bond donors (Lipinski definition) is 4. The van der Waals surface area contributed by atoms with Gasteiger partial charge < -0.3 is 25.3 Å². The molecule has 2 amide bonds. The van der Waals surface area contributed by atoms with E-state index in [1.54, 1.807) is 19.1 Å². The zero-order valence-electron chi connectivity index (χ0n) is 11.2. The van der Waals surface area contributed by atoms with Crippen molar-refractivity contribution >= 4 is 17.7 Å². The first-order chi connectivity index (χ1) is 9.97. The molecule has 0 aliphatic rings. The van der Waals surface area contributed by atoms with E-state index in [4.69, 9.17) is 9.52 Å². The molecule has 0 saturated heterocycles. The number of urea groups is 1. The van der Waals surface area contributed by atoms with Crippen LogP contribution >= 0.6 is 0 Å². The second-order valence-electron chi connectivity index (χ2n) is 4.37. The third-order valence-corrected chi connectivity index (χ3v) is 2.81. The predicted octanol–water partition coefficient (Wildman–Crippen LogP) is 2.57. The van der Waals surface area contributed by atoms with Gasteiger partial charge >= 0.3 is 12.0 Å². The number of carboxylic acid groups (broad SMARTS) is 1. The molecule has 4 N–H and O–H groups in total. The van der Waals surface area contributed by atoms with Crippen molar-refractivity contribution in [3.05, 3.63) is 47.9 Å². The standard InChI is InChI=1S/C14H14N2O5/c1-8(12-3-2-6-21-12)15-14(20)16-10-5-4-9(13(18)19)7-11(10)17/h2-8,17H,1H3,(H,18,19)(H2,15,16,20). The number of phenolic OH excluding ortho intramolecular Hbond substituents is 1. The quantitative estimate of drug-likeness (QED) is 0.646. The minimum Gasteiger partial charge on any atom is -0.506 e. The summed E-state index contributed by atoms with van der Waals surface area (Å²) in [7, 11) is 0. The molecule has 1 atom stereocenters. The van der Waals surface area contributed by atoms with Crippen LogP contribution in [-0.4, -0.2) is 22.2 Å². The van der Waals surface area contributed by atoms with E-state index in [9.17, 15) is 14.7 Å². The second kappa shape index (κ2) is 6.00. The number of benzene rings is 1. The first-order valence-corrected chi connectivity index (χ1v) is 6.14. The van der Waals surface area contributed by atoms with Gasteiger partial charge in [-0.05, 0) is 37.3 Å². The van der Waals surface area contributed by atoms with Crippen LogP contribution in [0.2, 0.25) is 0 Å². The van der Waals surface area contributed by atoms with Crippen molar-refractivity contribution in [1.82, 2.24) is 5.32 Å². The Hall–Kier alpha value is -2.96. The van der Waals surface area contributed by atoms with E-state index in [0.717, 1.165) is 6.07 Å². The van der Waals surface area contributed by atoms with Gasteiger partial charge in [-0.25, -0.2) is 9.59 Å². The van der Waals surface area contributed by atoms with E-state index >= 15 is 0 Å². The number of carbonyl (C=O) groups is 2. The van der Waals surface area contributed by atoms with Crippen molar-refractivity contribution in [2.24, 2.45) is 0 Å². The largest absolute Gasteiger partial charge is 0.506 e. The van der Waals surface area contributed by atoms with Gasteiger partial charge in [-0.3, -0.25) is 0 Å².